The number of rotatable bonds is 9. The summed E-state index contributed by atoms with van der Waals surface area (Å²) >= 11 is 0. The van der Waals surface area contributed by atoms with Crippen LogP contribution in [0.25, 0.3) is 11.4 Å². The number of nitrogens with zero attached hydrogens (tertiary/aromatic N) is 4. The number of hydrogen-bond acceptors (Lipinski definition) is 5. The number of fused-ring (bicyclic) bond motifs is 1. The number of likely N-dealkylation sites (N-methyl/N-ethyl adjacent to an activating group) is 1. The van der Waals surface area contributed by atoms with Gasteiger partial charge in [0.25, 0.3) is 0 Å². The molecule has 8 heteroatoms. The molecule has 0 radical (unpaired) electrons. The normalized spacial score (nSPS) is 19.8. The van der Waals surface area contributed by atoms with E-state index in [0.717, 1.165) is 59.2 Å². The number of carbonyl (C=O) groups is 2. The summed E-state index contributed by atoms with van der Waals surface area (Å²) in [4.78, 5) is 34.1. The second-order valence-corrected chi connectivity index (χ2v) is 11.1. The Balaban J connectivity index is 1.25. The van der Waals surface area contributed by atoms with E-state index in [9.17, 15) is 14.7 Å². The topological polar surface area (TPSA) is 90.7 Å². The average molecular weight is 514 g/mol. The zero-order valence-electron chi connectivity index (χ0n) is 21.8. The van der Waals surface area contributed by atoms with Crippen molar-refractivity contribution in [2.75, 3.05) is 32.0 Å². The molecule has 1 saturated heterocycles. The first-order valence-electron chi connectivity index (χ1n) is 13.6. The van der Waals surface area contributed by atoms with Crippen molar-refractivity contribution in [3.63, 3.8) is 0 Å². The van der Waals surface area contributed by atoms with Crippen LogP contribution in [0.2, 0.25) is 0 Å². The van der Waals surface area contributed by atoms with E-state index < -0.39 is 0 Å². The van der Waals surface area contributed by atoms with Crippen molar-refractivity contribution >= 4 is 17.5 Å². The van der Waals surface area contributed by atoms with Gasteiger partial charge in [-0.1, -0.05) is 30.3 Å². The van der Waals surface area contributed by atoms with Gasteiger partial charge in [0.2, 0.25) is 11.8 Å². The molecule has 1 aromatic heterocycles. The number of amides is 2. The molecule has 2 aliphatic heterocycles. The summed E-state index contributed by atoms with van der Waals surface area (Å²) in [6.07, 6.45) is 7.56. The van der Waals surface area contributed by atoms with E-state index >= 15 is 0 Å². The van der Waals surface area contributed by atoms with Gasteiger partial charge in [-0.2, -0.15) is 0 Å². The second-order valence-electron chi connectivity index (χ2n) is 11.1. The van der Waals surface area contributed by atoms with Crippen molar-refractivity contribution in [2.45, 2.75) is 50.8 Å². The quantitative estimate of drug-likeness (QED) is 0.458. The molecule has 1 saturated carbocycles. The Morgan fingerprint density at radius 2 is 2.08 bits per heavy atom. The van der Waals surface area contributed by atoms with Crippen molar-refractivity contribution in [3.8, 4) is 11.4 Å². The number of β-amino-alcohol motifs (C(OH)–C–C–N with tert-alkyl or cyclic N) is 1. The number of aliphatic hydroxyl groups is 1. The lowest BCUT2D eigenvalue weighted by Gasteiger charge is -2.32. The summed E-state index contributed by atoms with van der Waals surface area (Å²) < 4.78 is 2.24. The fraction of sp³-hybridized carbons (Fsp3) is 0.433. The van der Waals surface area contributed by atoms with E-state index in [4.69, 9.17) is 0 Å². The van der Waals surface area contributed by atoms with Gasteiger partial charge in [0.05, 0.1) is 25.0 Å². The highest BCUT2D eigenvalue weighted by Gasteiger charge is 2.29. The number of carbonyl (C=O) groups excluding carboxylic acids is 2. The Kier molecular flexibility index (Phi) is 6.76. The Morgan fingerprint density at radius 1 is 1.21 bits per heavy atom. The lowest BCUT2D eigenvalue weighted by Crippen LogP contribution is -2.39. The second kappa shape index (κ2) is 10.3. The first kappa shape index (κ1) is 24.8. The minimum absolute atomic E-state index is 0.00824. The predicted octanol–water partition coefficient (Wildman–Crippen LogP) is 3.26. The fourth-order valence-electron chi connectivity index (χ4n) is 5.70. The molecule has 8 nitrogen and oxygen atoms in total. The molecule has 198 valence electrons. The van der Waals surface area contributed by atoms with Crippen LogP contribution in [-0.2, 0) is 29.0 Å². The molecule has 2 aromatic carbocycles. The van der Waals surface area contributed by atoms with Crippen molar-refractivity contribution in [1.29, 1.82) is 0 Å². The number of nitrogens with one attached hydrogen (secondary N) is 1. The molecule has 2 amide bonds. The molecular weight excluding hydrogens is 478 g/mol. The summed E-state index contributed by atoms with van der Waals surface area (Å²) in [5.41, 5.74) is 4.77. The van der Waals surface area contributed by atoms with Gasteiger partial charge in [-0.05, 0) is 54.0 Å². The zero-order valence-corrected chi connectivity index (χ0v) is 21.8. The third kappa shape index (κ3) is 5.37. The minimum atomic E-state index is -0.320. The molecule has 0 bridgehead atoms. The van der Waals surface area contributed by atoms with E-state index in [1.165, 1.54) is 12.8 Å². The molecule has 2 atom stereocenters. The number of benzene rings is 2. The molecule has 1 unspecified atom stereocenters. The Labute approximate surface area is 223 Å². The van der Waals surface area contributed by atoms with Gasteiger partial charge in [0.1, 0.15) is 5.82 Å². The fourth-order valence-corrected chi connectivity index (χ4v) is 5.70. The molecular formula is C30H35N5O3. The van der Waals surface area contributed by atoms with Crippen LogP contribution in [0.4, 0.5) is 5.69 Å². The Morgan fingerprint density at radius 3 is 2.87 bits per heavy atom. The summed E-state index contributed by atoms with van der Waals surface area (Å²) in [5.74, 6) is 1.71. The maximum absolute atomic E-state index is 13.6. The lowest BCUT2D eigenvalue weighted by atomic mass is 10.0. The number of anilines is 1. The van der Waals surface area contributed by atoms with Crippen LogP contribution >= 0.6 is 0 Å². The van der Waals surface area contributed by atoms with E-state index in [-0.39, 0.29) is 30.4 Å². The van der Waals surface area contributed by atoms with E-state index in [1.54, 1.807) is 0 Å². The highest BCUT2D eigenvalue weighted by Crippen LogP contribution is 2.33. The van der Waals surface area contributed by atoms with Crippen LogP contribution in [0.1, 0.15) is 42.0 Å². The first-order valence-corrected chi connectivity index (χ1v) is 13.6. The average Bonchev–Trinajstić information content (AvgIpc) is 3.25. The van der Waals surface area contributed by atoms with Crippen LogP contribution in [0.15, 0.2) is 54.9 Å². The number of hydrogen-bond donors (Lipinski definition) is 2. The van der Waals surface area contributed by atoms with Crippen LogP contribution in [-0.4, -0.2) is 69.1 Å². The van der Waals surface area contributed by atoms with E-state index in [0.29, 0.717) is 19.5 Å². The van der Waals surface area contributed by atoms with E-state index in [2.05, 4.69) is 44.2 Å². The first-order chi connectivity index (χ1) is 18.4. The molecule has 3 heterocycles. The van der Waals surface area contributed by atoms with E-state index in [1.807, 2.05) is 42.4 Å². The number of aromatic nitrogens is 2. The van der Waals surface area contributed by atoms with Crippen molar-refractivity contribution < 1.29 is 14.7 Å². The SMILES string of the molecule is CN(C(=O)Cc1ccc2c(c1)NC(=O)C2)C(CN1CC[C@H](O)C1)c1cccc(-c2nccn2CC2CC2)c1. The molecule has 38 heavy (non-hydrogen) atoms. The summed E-state index contributed by atoms with van der Waals surface area (Å²) in [5, 5.41) is 13.0. The Bertz CT molecular complexity index is 1350. The molecule has 2 fully saturated rings. The van der Waals surface area contributed by atoms with Gasteiger partial charge >= 0.3 is 0 Å². The Hall–Kier alpha value is -3.49. The smallest absolute Gasteiger partial charge is 0.228 e. The predicted molar refractivity (Wildman–Crippen MR) is 145 cm³/mol. The molecule has 6 rings (SSSR count). The molecule has 1 aliphatic carbocycles. The van der Waals surface area contributed by atoms with Crippen LogP contribution < -0.4 is 5.32 Å². The van der Waals surface area contributed by atoms with Gasteiger partial charge in [0, 0.05) is 56.9 Å². The van der Waals surface area contributed by atoms with Crippen LogP contribution in [0, 0.1) is 5.92 Å². The third-order valence-electron chi connectivity index (χ3n) is 8.09. The van der Waals surface area contributed by atoms with Crippen molar-refractivity contribution in [2.24, 2.45) is 5.92 Å². The number of imidazole rings is 1. The third-order valence-corrected chi connectivity index (χ3v) is 8.09. The summed E-state index contributed by atoms with van der Waals surface area (Å²) in [6, 6.07) is 14.0. The van der Waals surface area contributed by atoms with Gasteiger partial charge in [0.15, 0.2) is 0 Å². The van der Waals surface area contributed by atoms with Crippen molar-refractivity contribution in [1.82, 2.24) is 19.4 Å². The maximum atomic E-state index is 13.6. The summed E-state index contributed by atoms with van der Waals surface area (Å²) in [6.45, 7) is 3.08. The highest BCUT2D eigenvalue weighted by molar-refractivity contribution is 5.99. The molecule has 3 aliphatic rings. The largest absolute Gasteiger partial charge is 0.392 e. The molecule has 3 aromatic rings. The highest BCUT2D eigenvalue weighted by atomic mass is 16.3. The minimum Gasteiger partial charge on any atom is -0.392 e. The summed E-state index contributed by atoms with van der Waals surface area (Å²) in [7, 11) is 1.87. The maximum Gasteiger partial charge on any atom is 0.228 e. The lowest BCUT2D eigenvalue weighted by molar-refractivity contribution is -0.131. The van der Waals surface area contributed by atoms with Gasteiger partial charge < -0.3 is 19.9 Å². The number of aliphatic hydroxyl groups excluding tert-OH is 1. The van der Waals surface area contributed by atoms with Crippen LogP contribution in [0.3, 0.4) is 0 Å². The van der Waals surface area contributed by atoms with Gasteiger partial charge in [-0.3, -0.25) is 14.5 Å². The zero-order chi connectivity index (χ0) is 26.2. The van der Waals surface area contributed by atoms with Crippen LogP contribution in [0.5, 0.6) is 0 Å². The van der Waals surface area contributed by atoms with Gasteiger partial charge in [-0.25, -0.2) is 4.98 Å². The number of likely N-dealkylation sites (tertiary alicyclic amines) is 1. The standard InChI is InChI=1S/C30H35N5O3/c1-33(29(38)14-21-7-8-22-16-28(37)32-26(22)13-21)27(19-34-11-9-25(36)18-34)23-3-2-4-24(15-23)30-31-10-12-35(30)17-20-5-6-20/h2-4,7-8,10,12-13,15,20,25,27,36H,5-6,9,11,14,16-19H2,1H3,(H,32,37)/t25-,27?/m0/s1. The monoisotopic (exact) mass is 513 g/mol. The van der Waals surface area contributed by atoms with Gasteiger partial charge in [-0.15, -0.1) is 0 Å². The molecule has 0 spiro atoms. The molecule has 2 N–H and O–H groups in total. The van der Waals surface area contributed by atoms with Crippen molar-refractivity contribution in [3.05, 3.63) is 71.5 Å².